The molecule has 0 aromatic heterocycles. The Kier molecular flexibility index (Phi) is 5.78. The van der Waals surface area contributed by atoms with Crippen LogP contribution in [0.2, 0.25) is 5.02 Å². The van der Waals surface area contributed by atoms with Crippen molar-refractivity contribution in [3.8, 4) is 0 Å². The van der Waals surface area contributed by atoms with Gasteiger partial charge in [0.2, 0.25) is 5.91 Å². The van der Waals surface area contributed by atoms with E-state index in [9.17, 15) is 9.59 Å². The fraction of sp³-hybridized carbons (Fsp3) is 0.619. The lowest BCUT2D eigenvalue weighted by Gasteiger charge is -2.27. The summed E-state index contributed by atoms with van der Waals surface area (Å²) < 4.78 is 0. The summed E-state index contributed by atoms with van der Waals surface area (Å²) in [6.07, 6.45) is 4.35. The molecule has 2 heterocycles. The SMILES string of the molecule is Cc1cc(Cl)ccc1NC(=O)N1CCCN(C2CCN(CC3CC3)C2=O)CC1. The van der Waals surface area contributed by atoms with Gasteiger partial charge in [-0.05, 0) is 62.3 Å². The zero-order valence-electron chi connectivity index (χ0n) is 16.5. The van der Waals surface area contributed by atoms with E-state index >= 15 is 0 Å². The first-order chi connectivity index (χ1) is 13.5. The van der Waals surface area contributed by atoms with Gasteiger partial charge < -0.3 is 15.1 Å². The number of hydrogen-bond acceptors (Lipinski definition) is 3. The molecule has 2 aliphatic heterocycles. The molecule has 6 nitrogen and oxygen atoms in total. The minimum absolute atomic E-state index is 0.000251. The third kappa shape index (κ3) is 4.44. The summed E-state index contributed by atoms with van der Waals surface area (Å²) in [5.74, 6) is 1.03. The Hall–Kier alpha value is -1.79. The molecule has 0 radical (unpaired) electrons. The lowest BCUT2D eigenvalue weighted by atomic mass is 10.2. The van der Waals surface area contributed by atoms with Gasteiger partial charge in [0.15, 0.2) is 0 Å². The van der Waals surface area contributed by atoms with Gasteiger partial charge in [0.05, 0.1) is 6.04 Å². The van der Waals surface area contributed by atoms with E-state index < -0.39 is 0 Å². The van der Waals surface area contributed by atoms with Crippen LogP contribution < -0.4 is 5.32 Å². The summed E-state index contributed by atoms with van der Waals surface area (Å²) in [7, 11) is 0. The Morgan fingerprint density at radius 3 is 2.71 bits per heavy atom. The van der Waals surface area contributed by atoms with Crippen molar-refractivity contribution >= 4 is 29.2 Å². The monoisotopic (exact) mass is 404 g/mol. The second-order valence-corrected chi connectivity index (χ2v) is 8.73. The lowest BCUT2D eigenvalue weighted by molar-refractivity contribution is -0.132. The number of amides is 3. The largest absolute Gasteiger partial charge is 0.341 e. The zero-order chi connectivity index (χ0) is 19.7. The molecule has 152 valence electrons. The molecule has 1 N–H and O–H groups in total. The number of nitrogens with one attached hydrogen (secondary N) is 1. The van der Waals surface area contributed by atoms with E-state index in [1.165, 1.54) is 12.8 Å². The minimum atomic E-state index is -0.0830. The average molecular weight is 405 g/mol. The number of benzene rings is 1. The normalized spacial score (nSPS) is 23.8. The van der Waals surface area contributed by atoms with Crippen molar-refractivity contribution in [2.75, 3.05) is 44.6 Å². The maximum atomic E-state index is 12.8. The molecule has 3 fully saturated rings. The van der Waals surface area contributed by atoms with Crippen LogP contribution in [0.5, 0.6) is 0 Å². The van der Waals surface area contributed by atoms with Crippen LogP contribution in [0.25, 0.3) is 0 Å². The van der Waals surface area contributed by atoms with Crippen molar-refractivity contribution in [1.29, 1.82) is 0 Å². The predicted octanol–water partition coefficient (Wildman–Crippen LogP) is 3.20. The van der Waals surface area contributed by atoms with Gasteiger partial charge in [0.1, 0.15) is 0 Å². The second kappa shape index (κ2) is 8.29. The highest BCUT2D eigenvalue weighted by Gasteiger charge is 2.38. The lowest BCUT2D eigenvalue weighted by Crippen LogP contribution is -2.44. The van der Waals surface area contributed by atoms with E-state index in [4.69, 9.17) is 11.6 Å². The van der Waals surface area contributed by atoms with Gasteiger partial charge in [0, 0.05) is 50.0 Å². The summed E-state index contributed by atoms with van der Waals surface area (Å²) in [6.45, 7) is 6.74. The molecule has 1 atom stereocenters. The molecule has 3 aliphatic rings. The Balaban J connectivity index is 1.32. The third-order valence-corrected chi connectivity index (χ3v) is 6.37. The molecule has 2 saturated heterocycles. The Morgan fingerprint density at radius 2 is 1.96 bits per heavy atom. The van der Waals surface area contributed by atoms with Gasteiger partial charge in [0.25, 0.3) is 0 Å². The molecule has 7 heteroatoms. The molecule has 4 rings (SSSR count). The fourth-order valence-corrected chi connectivity index (χ4v) is 4.50. The Bertz CT molecular complexity index is 752. The van der Waals surface area contributed by atoms with Crippen LogP contribution in [0.15, 0.2) is 18.2 Å². The maximum Gasteiger partial charge on any atom is 0.321 e. The van der Waals surface area contributed by atoms with Crippen LogP contribution >= 0.6 is 11.6 Å². The van der Waals surface area contributed by atoms with E-state index in [-0.39, 0.29) is 12.1 Å². The van der Waals surface area contributed by atoms with Gasteiger partial charge in [-0.3, -0.25) is 9.69 Å². The molecule has 28 heavy (non-hydrogen) atoms. The zero-order valence-corrected chi connectivity index (χ0v) is 17.2. The molecule has 1 saturated carbocycles. The molecule has 1 unspecified atom stereocenters. The first kappa shape index (κ1) is 19.5. The van der Waals surface area contributed by atoms with Gasteiger partial charge >= 0.3 is 6.03 Å². The van der Waals surface area contributed by atoms with E-state index in [0.29, 0.717) is 24.0 Å². The minimum Gasteiger partial charge on any atom is -0.341 e. The summed E-state index contributed by atoms with van der Waals surface area (Å²) in [6, 6.07) is 5.39. The summed E-state index contributed by atoms with van der Waals surface area (Å²) in [5.41, 5.74) is 1.74. The van der Waals surface area contributed by atoms with Crippen LogP contribution in [0.4, 0.5) is 10.5 Å². The number of rotatable bonds is 4. The number of carbonyl (C=O) groups is 2. The molecule has 1 aromatic carbocycles. The van der Waals surface area contributed by atoms with Crippen LogP contribution in [-0.4, -0.2) is 71.9 Å². The maximum absolute atomic E-state index is 12.8. The van der Waals surface area contributed by atoms with Crippen molar-refractivity contribution in [3.05, 3.63) is 28.8 Å². The quantitative estimate of drug-likeness (QED) is 0.838. The Labute approximate surface area is 171 Å². The summed E-state index contributed by atoms with van der Waals surface area (Å²) in [4.78, 5) is 31.7. The standard InChI is InChI=1S/C21H29ClN4O2/c1-15-13-17(22)5-6-18(15)23-21(28)25-9-2-8-24(11-12-25)19-7-10-26(20(19)27)14-16-3-4-16/h5-6,13,16,19H,2-4,7-12,14H2,1H3,(H,23,28). The van der Waals surface area contributed by atoms with Gasteiger partial charge in [-0.15, -0.1) is 0 Å². The number of halogens is 1. The molecule has 0 bridgehead atoms. The van der Waals surface area contributed by atoms with Crippen molar-refractivity contribution in [1.82, 2.24) is 14.7 Å². The van der Waals surface area contributed by atoms with E-state index in [0.717, 1.165) is 56.2 Å². The number of hydrogen-bond donors (Lipinski definition) is 1. The number of carbonyl (C=O) groups excluding carboxylic acids is 2. The number of likely N-dealkylation sites (tertiary alicyclic amines) is 1. The average Bonchev–Trinajstić information content (AvgIpc) is 3.45. The van der Waals surface area contributed by atoms with Crippen molar-refractivity contribution < 1.29 is 9.59 Å². The molecular weight excluding hydrogens is 376 g/mol. The number of urea groups is 1. The molecule has 1 aromatic rings. The predicted molar refractivity (Wildman–Crippen MR) is 111 cm³/mol. The van der Waals surface area contributed by atoms with Crippen molar-refractivity contribution in [2.45, 2.75) is 38.6 Å². The van der Waals surface area contributed by atoms with E-state index in [2.05, 4.69) is 15.1 Å². The topological polar surface area (TPSA) is 55.9 Å². The van der Waals surface area contributed by atoms with Crippen molar-refractivity contribution in [2.24, 2.45) is 5.92 Å². The van der Waals surface area contributed by atoms with Crippen LogP contribution in [0.3, 0.4) is 0 Å². The summed E-state index contributed by atoms with van der Waals surface area (Å²) in [5, 5.41) is 3.66. The first-order valence-corrected chi connectivity index (χ1v) is 10.7. The first-order valence-electron chi connectivity index (χ1n) is 10.4. The van der Waals surface area contributed by atoms with E-state index in [1.807, 2.05) is 24.0 Å². The number of nitrogens with zero attached hydrogens (tertiary/aromatic N) is 3. The second-order valence-electron chi connectivity index (χ2n) is 8.30. The fourth-order valence-electron chi connectivity index (χ4n) is 4.27. The van der Waals surface area contributed by atoms with Gasteiger partial charge in [-0.1, -0.05) is 11.6 Å². The highest BCUT2D eigenvalue weighted by Crippen LogP contribution is 2.32. The molecule has 0 spiro atoms. The van der Waals surface area contributed by atoms with Crippen molar-refractivity contribution in [3.63, 3.8) is 0 Å². The number of anilines is 1. The molecular formula is C21H29ClN4O2. The Morgan fingerprint density at radius 1 is 1.14 bits per heavy atom. The van der Waals surface area contributed by atoms with Gasteiger partial charge in [-0.25, -0.2) is 4.79 Å². The number of aryl methyl sites for hydroxylation is 1. The molecule has 1 aliphatic carbocycles. The highest BCUT2D eigenvalue weighted by molar-refractivity contribution is 6.30. The molecule has 3 amide bonds. The summed E-state index contributed by atoms with van der Waals surface area (Å²) >= 11 is 6.00. The van der Waals surface area contributed by atoms with Gasteiger partial charge in [-0.2, -0.15) is 0 Å². The highest BCUT2D eigenvalue weighted by atomic mass is 35.5. The van der Waals surface area contributed by atoms with E-state index in [1.54, 1.807) is 6.07 Å². The van der Waals surface area contributed by atoms with Crippen LogP contribution in [0.1, 0.15) is 31.2 Å². The third-order valence-electron chi connectivity index (χ3n) is 6.13. The van der Waals surface area contributed by atoms with Crippen LogP contribution in [0, 0.1) is 12.8 Å². The van der Waals surface area contributed by atoms with Crippen LogP contribution in [-0.2, 0) is 4.79 Å². The smallest absolute Gasteiger partial charge is 0.321 e.